The first-order chi connectivity index (χ1) is 6.50. The Morgan fingerprint density at radius 3 is 2.57 bits per heavy atom. The lowest BCUT2D eigenvalue weighted by Crippen LogP contribution is -2.43. The van der Waals surface area contributed by atoms with Crippen molar-refractivity contribution in [1.29, 1.82) is 0 Å². The fourth-order valence-electron chi connectivity index (χ4n) is 1.04. The molecule has 0 saturated carbocycles. The fraction of sp³-hybridized carbons (Fsp3) is 0.429. The second-order valence-electron chi connectivity index (χ2n) is 2.79. The molecule has 1 aliphatic heterocycles. The van der Waals surface area contributed by atoms with Crippen molar-refractivity contribution < 1.29 is 19.2 Å². The number of carbonyl (C=O) groups is 4. The van der Waals surface area contributed by atoms with Gasteiger partial charge in [-0.1, -0.05) is 0 Å². The third-order valence-electron chi connectivity index (χ3n) is 1.66. The van der Waals surface area contributed by atoms with Gasteiger partial charge < -0.3 is 11.1 Å². The first-order valence-electron chi connectivity index (χ1n) is 3.89. The summed E-state index contributed by atoms with van der Waals surface area (Å²) in [6.45, 7) is -0.759. The summed E-state index contributed by atoms with van der Waals surface area (Å²) in [5.74, 6) is -2.65. The molecule has 4 amide bonds. The van der Waals surface area contributed by atoms with Crippen LogP contribution in [0.1, 0.15) is 6.42 Å². The molecule has 1 fully saturated rings. The molecule has 1 heterocycles. The lowest BCUT2D eigenvalue weighted by Gasteiger charge is -2.14. The lowest BCUT2D eigenvalue weighted by molar-refractivity contribution is -0.146. The van der Waals surface area contributed by atoms with Crippen molar-refractivity contribution in [3.8, 4) is 0 Å². The topological polar surface area (TPSA) is 110 Å². The third kappa shape index (κ3) is 2.28. The van der Waals surface area contributed by atoms with E-state index in [9.17, 15) is 19.2 Å². The number of imide groups is 1. The average Bonchev–Trinajstić information content (AvgIpc) is 2.18. The second kappa shape index (κ2) is 3.86. The Labute approximate surface area is 79.2 Å². The van der Waals surface area contributed by atoms with Crippen LogP contribution in [-0.2, 0) is 19.2 Å². The van der Waals surface area contributed by atoms with E-state index >= 15 is 0 Å². The summed E-state index contributed by atoms with van der Waals surface area (Å²) in [5.41, 5.74) is 4.84. The van der Waals surface area contributed by atoms with Crippen LogP contribution in [0.3, 0.4) is 0 Å². The highest BCUT2D eigenvalue weighted by Crippen LogP contribution is 1.99. The molecule has 7 nitrogen and oxygen atoms in total. The zero-order valence-corrected chi connectivity index (χ0v) is 7.28. The smallest absolute Gasteiger partial charge is 0.249 e. The van der Waals surface area contributed by atoms with Gasteiger partial charge in [0.2, 0.25) is 23.6 Å². The number of primary amides is 1. The average molecular weight is 199 g/mol. The van der Waals surface area contributed by atoms with Gasteiger partial charge in [0, 0.05) is 0 Å². The van der Waals surface area contributed by atoms with Crippen LogP contribution in [0.4, 0.5) is 0 Å². The molecule has 1 saturated heterocycles. The number of nitrogens with one attached hydrogen (secondary N) is 1. The van der Waals surface area contributed by atoms with Gasteiger partial charge in [-0.15, -0.1) is 0 Å². The minimum atomic E-state index is -0.791. The first-order valence-corrected chi connectivity index (χ1v) is 3.89. The standard InChI is InChI=1S/C7H9N3O4/c8-4(11)3-10-6(13)1-5(12)9-2-7(10)14/h1-3H2,(H2,8,11)(H,9,12). The number of nitrogens with zero attached hydrogens (tertiary/aromatic N) is 1. The summed E-state index contributed by atoms with van der Waals surface area (Å²) in [6.07, 6.45) is -0.432. The highest BCUT2D eigenvalue weighted by Gasteiger charge is 2.28. The summed E-state index contributed by atoms with van der Waals surface area (Å²) in [4.78, 5) is 44.4. The number of rotatable bonds is 2. The van der Waals surface area contributed by atoms with Crippen LogP contribution in [0.15, 0.2) is 0 Å². The number of nitrogens with two attached hydrogens (primary N) is 1. The van der Waals surface area contributed by atoms with Crippen LogP contribution < -0.4 is 11.1 Å². The molecule has 0 aromatic carbocycles. The highest BCUT2D eigenvalue weighted by atomic mass is 16.2. The minimum Gasteiger partial charge on any atom is -0.368 e. The van der Waals surface area contributed by atoms with Crippen LogP contribution in [0, 0.1) is 0 Å². The van der Waals surface area contributed by atoms with E-state index in [0.717, 1.165) is 0 Å². The molecule has 0 aromatic heterocycles. The molecule has 3 N–H and O–H groups in total. The molecule has 14 heavy (non-hydrogen) atoms. The van der Waals surface area contributed by atoms with Gasteiger partial charge in [-0.3, -0.25) is 24.1 Å². The largest absolute Gasteiger partial charge is 0.368 e. The monoisotopic (exact) mass is 199 g/mol. The summed E-state index contributed by atoms with van der Waals surface area (Å²) in [7, 11) is 0. The highest BCUT2D eigenvalue weighted by molar-refractivity contribution is 6.09. The van der Waals surface area contributed by atoms with E-state index in [2.05, 4.69) is 5.32 Å². The maximum atomic E-state index is 11.2. The van der Waals surface area contributed by atoms with E-state index in [4.69, 9.17) is 5.73 Å². The fourth-order valence-corrected chi connectivity index (χ4v) is 1.04. The van der Waals surface area contributed by atoms with Crippen LogP contribution >= 0.6 is 0 Å². The Morgan fingerprint density at radius 1 is 1.36 bits per heavy atom. The molecule has 7 heteroatoms. The van der Waals surface area contributed by atoms with Gasteiger partial charge in [0.15, 0.2) is 0 Å². The Morgan fingerprint density at radius 2 is 2.00 bits per heavy atom. The van der Waals surface area contributed by atoms with Crippen molar-refractivity contribution in [2.75, 3.05) is 13.1 Å². The molecular weight excluding hydrogens is 190 g/mol. The quantitative estimate of drug-likeness (QED) is 0.373. The first kappa shape index (κ1) is 10.2. The van der Waals surface area contributed by atoms with E-state index in [0.29, 0.717) is 4.90 Å². The van der Waals surface area contributed by atoms with Gasteiger partial charge in [0.25, 0.3) is 0 Å². The second-order valence-corrected chi connectivity index (χ2v) is 2.79. The summed E-state index contributed by atoms with van der Waals surface area (Å²) in [6, 6.07) is 0. The number of carbonyl (C=O) groups excluding carboxylic acids is 4. The molecule has 1 aliphatic rings. The molecule has 0 spiro atoms. The summed E-state index contributed by atoms with van der Waals surface area (Å²) >= 11 is 0. The SMILES string of the molecule is NC(=O)CN1C(=O)CNC(=O)CC1=O. The van der Waals surface area contributed by atoms with Gasteiger partial charge in [-0.25, -0.2) is 0 Å². The number of amides is 4. The van der Waals surface area contributed by atoms with Crippen LogP contribution in [-0.4, -0.2) is 41.6 Å². The van der Waals surface area contributed by atoms with Gasteiger partial charge in [0.05, 0.1) is 6.54 Å². The predicted octanol–water partition coefficient (Wildman–Crippen LogP) is -2.65. The maximum absolute atomic E-state index is 11.2. The molecule has 76 valence electrons. The Hall–Kier alpha value is -1.92. The normalized spacial score (nSPS) is 17.7. The van der Waals surface area contributed by atoms with Gasteiger partial charge in [0.1, 0.15) is 13.0 Å². The Bertz CT molecular complexity index is 312. The van der Waals surface area contributed by atoms with Gasteiger partial charge in [-0.05, 0) is 0 Å². The van der Waals surface area contributed by atoms with Gasteiger partial charge >= 0.3 is 0 Å². The molecular formula is C7H9N3O4. The number of hydrogen-bond donors (Lipinski definition) is 2. The molecule has 0 radical (unpaired) electrons. The van der Waals surface area contributed by atoms with Crippen LogP contribution in [0.2, 0.25) is 0 Å². The zero-order valence-electron chi connectivity index (χ0n) is 7.28. The predicted molar refractivity (Wildman–Crippen MR) is 43.5 cm³/mol. The number of hydrogen-bond acceptors (Lipinski definition) is 4. The molecule has 0 atom stereocenters. The van der Waals surface area contributed by atoms with Gasteiger partial charge in [-0.2, -0.15) is 0 Å². The van der Waals surface area contributed by atoms with E-state index in [-0.39, 0.29) is 6.54 Å². The van der Waals surface area contributed by atoms with Crippen molar-refractivity contribution in [2.24, 2.45) is 5.73 Å². The zero-order chi connectivity index (χ0) is 10.7. The van der Waals surface area contributed by atoms with E-state index < -0.39 is 36.6 Å². The minimum absolute atomic E-state index is 0.280. The van der Waals surface area contributed by atoms with E-state index in [1.165, 1.54) is 0 Å². The molecule has 0 aliphatic carbocycles. The van der Waals surface area contributed by atoms with E-state index in [1.54, 1.807) is 0 Å². The van der Waals surface area contributed by atoms with Crippen LogP contribution in [0.25, 0.3) is 0 Å². The van der Waals surface area contributed by atoms with Crippen molar-refractivity contribution >= 4 is 23.6 Å². The third-order valence-corrected chi connectivity index (χ3v) is 1.66. The van der Waals surface area contributed by atoms with E-state index in [1.807, 2.05) is 0 Å². The molecule has 0 aromatic rings. The maximum Gasteiger partial charge on any atom is 0.249 e. The summed E-state index contributed by atoms with van der Waals surface area (Å²) in [5, 5.41) is 2.22. The van der Waals surface area contributed by atoms with Crippen molar-refractivity contribution in [3.05, 3.63) is 0 Å². The van der Waals surface area contributed by atoms with Crippen molar-refractivity contribution in [3.63, 3.8) is 0 Å². The lowest BCUT2D eigenvalue weighted by atomic mass is 10.3. The van der Waals surface area contributed by atoms with Crippen molar-refractivity contribution in [1.82, 2.24) is 10.2 Å². The van der Waals surface area contributed by atoms with Crippen LogP contribution in [0.5, 0.6) is 0 Å². The Balaban J connectivity index is 2.79. The molecule has 0 unspecified atom stereocenters. The van der Waals surface area contributed by atoms with Crippen molar-refractivity contribution in [2.45, 2.75) is 6.42 Å². The molecule has 0 bridgehead atoms. The molecule has 1 rings (SSSR count). The summed E-state index contributed by atoms with van der Waals surface area (Å²) < 4.78 is 0. The Kier molecular flexibility index (Phi) is 2.80.